The monoisotopic (exact) mass is 705 g/mol. The Balaban J connectivity index is 1.39. The molecule has 7 atom stereocenters. The van der Waals surface area contributed by atoms with Crippen LogP contribution >= 0.6 is 0 Å². The van der Waals surface area contributed by atoms with E-state index in [0.717, 1.165) is 16.7 Å². The summed E-state index contributed by atoms with van der Waals surface area (Å²) >= 11 is 0. The molecule has 3 fully saturated rings. The number of fused-ring (bicyclic) bond motifs is 1. The van der Waals surface area contributed by atoms with Crippen LogP contribution in [0, 0.1) is 25.7 Å². The predicted octanol–water partition coefficient (Wildman–Crippen LogP) is 5.30. The van der Waals surface area contributed by atoms with E-state index in [1.54, 1.807) is 17.1 Å². The first-order chi connectivity index (χ1) is 25.1. The summed E-state index contributed by atoms with van der Waals surface area (Å²) in [5, 5.41) is 14.0. The van der Waals surface area contributed by atoms with Crippen LogP contribution in [0.2, 0.25) is 0 Å². The number of carbonyl (C=O) groups excluding carboxylic acids is 4. The van der Waals surface area contributed by atoms with Gasteiger partial charge in [-0.3, -0.25) is 19.2 Å². The largest absolute Gasteiger partial charge is 0.463 e. The third-order valence-electron chi connectivity index (χ3n) is 10.7. The molecule has 0 aromatic heterocycles. The molecule has 3 heterocycles. The number of amides is 3. The SMILES string of the molecule is C=CCCC(=O)OC[C@H](NC(=O)[C@@H]1[C@H]2C(=O)N([C@H](CO)c3ccccc3)[C@H](C(=O)N(CC=C)c3cc(C)ccc3C)[C@]23CC[C@H]1O3)c1ccccc1. The van der Waals surface area contributed by atoms with E-state index in [1.807, 2.05) is 92.7 Å². The summed E-state index contributed by atoms with van der Waals surface area (Å²) in [5.74, 6) is -3.54. The van der Waals surface area contributed by atoms with Crippen LogP contribution in [-0.4, -0.2) is 71.2 Å². The Kier molecular flexibility index (Phi) is 11.1. The number of anilines is 1. The van der Waals surface area contributed by atoms with Crippen molar-refractivity contribution in [1.29, 1.82) is 0 Å². The van der Waals surface area contributed by atoms with Gasteiger partial charge in [0.2, 0.25) is 11.8 Å². The average Bonchev–Trinajstić information content (AvgIpc) is 3.81. The highest BCUT2D eigenvalue weighted by atomic mass is 16.5. The van der Waals surface area contributed by atoms with Gasteiger partial charge < -0.3 is 29.7 Å². The quantitative estimate of drug-likeness (QED) is 0.163. The molecular weight excluding hydrogens is 658 g/mol. The number of benzene rings is 3. The minimum Gasteiger partial charge on any atom is -0.463 e. The maximum Gasteiger partial charge on any atom is 0.306 e. The number of nitrogens with zero attached hydrogens (tertiary/aromatic N) is 2. The molecule has 0 aliphatic carbocycles. The molecule has 6 rings (SSSR count). The summed E-state index contributed by atoms with van der Waals surface area (Å²) in [4.78, 5) is 60.2. The van der Waals surface area contributed by atoms with E-state index >= 15 is 4.79 Å². The van der Waals surface area contributed by atoms with Crippen molar-refractivity contribution in [2.75, 3.05) is 24.7 Å². The van der Waals surface area contributed by atoms with Crippen molar-refractivity contribution in [3.63, 3.8) is 0 Å². The maximum atomic E-state index is 15.2. The summed E-state index contributed by atoms with van der Waals surface area (Å²) in [6, 6.07) is 21.5. The van der Waals surface area contributed by atoms with Gasteiger partial charge in [-0.2, -0.15) is 0 Å². The van der Waals surface area contributed by atoms with E-state index in [4.69, 9.17) is 9.47 Å². The average molecular weight is 706 g/mol. The first-order valence-corrected chi connectivity index (χ1v) is 17.9. The Bertz CT molecular complexity index is 1810. The lowest BCUT2D eigenvalue weighted by molar-refractivity contribution is -0.146. The van der Waals surface area contributed by atoms with Crippen LogP contribution in [0.5, 0.6) is 0 Å². The second-order valence-corrected chi connectivity index (χ2v) is 13.9. The fraction of sp³-hybridized carbons (Fsp3) is 0.381. The molecule has 0 radical (unpaired) electrons. The molecule has 2 bridgehead atoms. The van der Waals surface area contributed by atoms with Gasteiger partial charge in [-0.25, -0.2) is 0 Å². The number of hydrogen-bond acceptors (Lipinski definition) is 7. The van der Waals surface area contributed by atoms with E-state index in [1.165, 1.54) is 4.90 Å². The molecular formula is C42H47N3O7. The topological polar surface area (TPSA) is 125 Å². The fourth-order valence-corrected chi connectivity index (χ4v) is 8.27. The zero-order valence-corrected chi connectivity index (χ0v) is 29.8. The molecule has 1 spiro atoms. The fourth-order valence-electron chi connectivity index (χ4n) is 8.27. The second-order valence-electron chi connectivity index (χ2n) is 13.9. The van der Waals surface area contributed by atoms with Crippen LogP contribution in [0.3, 0.4) is 0 Å². The molecule has 52 heavy (non-hydrogen) atoms. The number of aliphatic hydroxyl groups is 1. The highest BCUT2D eigenvalue weighted by Gasteiger charge is 2.75. The number of ether oxygens (including phenoxy) is 2. The molecule has 3 saturated heterocycles. The number of hydrogen-bond donors (Lipinski definition) is 2. The first kappa shape index (κ1) is 36.7. The van der Waals surface area contributed by atoms with Crippen LogP contribution in [0.15, 0.2) is 104 Å². The summed E-state index contributed by atoms with van der Waals surface area (Å²) < 4.78 is 12.3. The number of likely N-dealkylation sites (tertiary alicyclic amines) is 1. The van der Waals surface area contributed by atoms with Gasteiger partial charge in [-0.15, -0.1) is 13.2 Å². The minimum atomic E-state index is -1.32. The van der Waals surface area contributed by atoms with Crippen molar-refractivity contribution in [2.45, 2.75) is 69.4 Å². The number of nitrogens with one attached hydrogen (secondary N) is 1. The van der Waals surface area contributed by atoms with Gasteiger partial charge in [0, 0.05) is 18.7 Å². The minimum absolute atomic E-state index is 0.103. The normalized spacial score (nSPS) is 24.1. The molecule has 272 valence electrons. The molecule has 10 heteroatoms. The predicted molar refractivity (Wildman–Crippen MR) is 197 cm³/mol. The zero-order valence-electron chi connectivity index (χ0n) is 29.8. The summed E-state index contributed by atoms with van der Waals surface area (Å²) in [5.41, 5.74) is 2.60. The Morgan fingerprint density at radius 2 is 1.73 bits per heavy atom. The third-order valence-corrected chi connectivity index (χ3v) is 10.7. The molecule has 2 N–H and O–H groups in total. The zero-order chi connectivity index (χ0) is 37.0. The molecule has 10 nitrogen and oxygen atoms in total. The highest BCUT2D eigenvalue weighted by Crippen LogP contribution is 2.60. The van der Waals surface area contributed by atoms with E-state index in [-0.39, 0.29) is 25.5 Å². The molecule has 3 amide bonds. The highest BCUT2D eigenvalue weighted by molar-refractivity contribution is 6.05. The van der Waals surface area contributed by atoms with Gasteiger partial charge >= 0.3 is 5.97 Å². The van der Waals surface area contributed by atoms with Crippen molar-refractivity contribution in [3.8, 4) is 0 Å². The number of rotatable bonds is 15. The van der Waals surface area contributed by atoms with Crippen LogP contribution in [0.4, 0.5) is 5.69 Å². The van der Waals surface area contributed by atoms with Crippen LogP contribution in [0.25, 0.3) is 0 Å². The van der Waals surface area contributed by atoms with Crippen molar-refractivity contribution < 1.29 is 33.8 Å². The Morgan fingerprint density at radius 1 is 1.04 bits per heavy atom. The number of carbonyl (C=O) groups is 4. The summed E-state index contributed by atoms with van der Waals surface area (Å²) in [7, 11) is 0. The standard InChI is InChI=1S/C42H47N3O7/c1-5-7-18-35(47)51-26-31(29-14-10-8-11-15-29)43-39(48)36-34-21-22-42(52-34)37(36)40(49)45(33(25-46)30-16-12-9-13-17-30)38(42)41(50)44(23-6-2)32-24-27(3)19-20-28(32)4/h5-6,8-17,19-20,24,31,33-34,36-38,46H,1-2,7,18,21-23,25-26H2,3-4H3,(H,43,48)/t31-,33+,34+,36-,37-,38+,42-/m0/s1. The van der Waals surface area contributed by atoms with Gasteiger partial charge in [0.05, 0.1) is 36.6 Å². The number of aryl methyl sites for hydroxylation is 2. The van der Waals surface area contributed by atoms with E-state index in [2.05, 4.69) is 18.5 Å². The lowest BCUT2D eigenvalue weighted by Gasteiger charge is -2.39. The Labute approximate surface area is 305 Å². The first-order valence-electron chi connectivity index (χ1n) is 17.9. The Hall–Kier alpha value is -5.06. The second kappa shape index (κ2) is 15.7. The van der Waals surface area contributed by atoms with Gasteiger partial charge in [0.1, 0.15) is 18.2 Å². The number of aliphatic hydroxyl groups excluding tert-OH is 1. The number of esters is 1. The molecule has 3 aromatic rings. The maximum absolute atomic E-state index is 15.2. The van der Waals surface area contributed by atoms with E-state index in [0.29, 0.717) is 30.5 Å². The van der Waals surface area contributed by atoms with Gasteiger partial charge in [-0.1, -0.05) is 84.9 Å². The van der Waals surface area contributed by atoms with Gasteiger partial charge in [0.15, 0.2) is 0 Å². The lowest BCUT2D eigenvalue weighted by atomic mass is 9.70. The van der Waals surface area contributed by atoms with E-state index < -0.39 is 66.1 Å². The van der Waals surface area contributed by atoms with Crippen molar-refractivity contribution in [3.05, 3.63) is 126 Å². The molecule has 0 unspecified atom stereocenters. The van der Waals surface area contributed by atoms with E-state index in [9.17, 15) is 19.5 Å². The molecule has 3 aromatic carbocycles. The molecule has 3 aliphatic rings. The molecule has 3 aliphatic heterocycles. The van der Waals surface area contributed by atoms with Crippen molar-refractivity contribution in [1.82, 2.24) is 10.2 Å². The smallest absolute Gasteiger partial charge is 0.306 e. The lowest BCUT2D eigenvalue weighted by Crippen LogP contribution is -2.57. The van der Waals surface area contributed by atoms with Crippen LogP contribution in [0.1, 0.15) is 60.0 Å². The van der Waals surface area contributed by atoms with Crippen LogP contribution in [-0.2, 0) is 28.7 Å². The van der Waals surface area contributed by atoms with Crippen molar-refractivity contribution >= 4 is 29.4 Å². The Morgan fingerprint density at radius 3 is 2.38 bits per heavy atom. The summed E-state index contributed by atoms with van der Waals surface area (Å²) in [6.45, 7) is 11.1. The summed E-state index contributed by atoms with van der Waals surface area (Å²) in [6.07, 6.45) is 4.15. The number of allylic oxidation sites excluding steroid dienone is 1. The van der Waals surface area contributed by atoms with Gasteiger partial charge in [-0.05, 0) is 61.4 Å². The van der Waals surface area contributed by atoms with Crippen molar-refractivity contribution in [2.24, 2.45) is 11.8 Å². The third kappa shape index (κ3) is 6.80. The van der Waals surface area contributed by atoms with Gasteiger partial charge in [0.25, 0.3) is 5.91 Å². The van der Waals surface area contributed by atoms with Crippen LogP contribution < -0.4 is 10.2 Å². The molecule has 0 saturated carbocycles.